The summed E-state index contributed by atoms with van der Waals surface area (Å²) in [7, 11) is 4.06. The number of aryl methyl sites for hydroxylation is 2. The third kappa shape index (κ3) is 8.32. The summed E-state index contributed by atoms with van der Waals surface area (Å²) in [6, 6.07) is 18.8. The lowest BCUT2D eigenvalue weighted by Crippen LogP contribution is -2.36. The Morgan fingerprint density at radius 2 is 1.79 bits per heavy atom. The highest BCUT2D eigenvalue weighted by atomic mass is 16.5. The number of hydrogen-bond acceptors (Lipinski definition) is 7. The molecule has 3 heterocycles. The molecule has 10 heteroatoms. The van der Waals surface area contributed by atoms with Crippen LogP contribution in [0.1, 0.15) is 58.1 Å². The number of aromatic nitrogens is 3. The van der Waals surface area contributed by atoms with Crippen molar-refractivity contribution in [2.75, 3.05) is 33.3 Å². The fourth-order valence-electron chi connectivity index (χ4n) is 5.44. The molecule has 0 aliphatic carbocycles. The topological polar surface area (TPSA) is 114 Å². The van der Waals surface area contributed by atoms with Crippen LogP contribution in [0.3, 0.4) is 0 Å². The van der Waals surface area contributed by atoms with Crippen molar-refractivity contribution in [3.63, 3.8) is 0 Å². The van der Waals surface area contributed by atoms with Crippen LogP contribution in [-0.4, -0.2) is 75.5 Å². The molecule has 1 aliphatic rings. The molecule has 1 N–H and O–H groups in total. The third-order valence-corrected chi connectivity index (χ3v) is 7.90. The molecule has 1 unspecified atom stereocenters. The van der Waals surface area contributed by atoms with Crippen molar-refractivity contribution < 1.29 is 24.0 Å². The van der Waals surface area contributed by atoms with Crippen molar-refractivity contribution >= 4 is 12.4 Å². The number of nitrogens with zero attached hydrogens (tertiary/aromatic N) is 5. The Morgan fingerprint density at radius 3 is 2.51 bits per heavy atom. The number of carbonyl (C=O) groups excluding carboxylic acids is 1. The summed E-state index contributed by atoms with van der Waals surface area (Å²) in [5, 5.41) is 15.3. The predicted molar refractivity (Wildman–Crippen MR) is 164 cm³/mol. The molecule has 2 aromatic carbocycles. The molecule has 1 atom stereocenters. The van der Waals surface area contributed by atoms with Gasteiger partial charge in [0.25, 0.3) is 12.4 Å². The molecule has 0 saturated carbocycles. The molecule has 0 spiro atoms. The molecule has 2 aromatic heterocycles. The minimum Gasteiger partial charge on any atom is -0.491 e. The number of hydrogen-bond donors (Lipinski definition) is 1. The first-order valence-electron chi connectivity index (χ1n) is 14.6. The minimum atomic E-state index is -0.250. The highest BCUT2D eigenvalue weighted by molar-refractivity contribution is 5.93. The van der Waals surface area contributed by atoms with Crippen molar-refractivity contribution in [2.45, 2.75) is 45.6 Å². The van der Waals surface area contributed by atoms with Gasteiger partial charge in [0, 0.05) is 37.5 Å². The minimum absolute atomic E-state index is 0.146. The standard InChI is InChI=1S/C32H39N5O3.CH2O2/c1-23-12-13-30-27(19-23)22-35(3)16-14-26(25-9-6-5-7-10-25)11-8-15-37(17-18-39-30)32(38)29-20-31(40-34-29)28-21-33-36(4)24(28)2;2-1-3/h5-7,9-10,12-13,19-21,26H,8,11,14-18,22H2,1-4H3;1H,(H,2,3). The molecular formula is C33H41N5O5. The summed E-state index contributed by atoms with van der Waals surface area (Å²) in [4.78, 5) is 26.3. The van der Waals surface area contributed by atoms with Gasteiger partial charge < -0.3 is 24.2 Å². The molecule has 228 valence electrons. The zero-order valence-electron chi connectivity index (χ0n) is 25.4. The Kier molecular flexibility index (Phi) is 11.1. The first-order chi connectivity index (χ1) is 20.8. The average Bonchev–Trinajstić information content (AvgIpc) is 3.61. The highest BCUT2D eigenvalue weighted by Crippen LogP contribution is 2.28. The fourth-order valence-corrected chi connectivity index (χ4v) is 5.44. The van der Waals surface area contributed by atoms with E-state index in [0.717, 1.165) is 49.4 Å². The van der Waals surface area contributed by atoms with Gasteiger partial charge in [-0.2, -0.15) is 5.10 Å². The van der Waals surface area contributed by atoms with E-state index in [2.05, 4.69) is 71.6 Å². The van der Waals surface area contributed by atoms with Crippen LogP contribution in [0.25, 0.3) is 11.3 Å². The quantitative estimate of drug-likeness (QED) is 0.321. The lowest BCUT2D eigenvalue weighted by atomic mass is 9.91. The maximum atomic E-state index is 13.7. The van der Waals surface area contributed by atoms with Gasteiger partial charge in [0.1, 0.15) is 12.4 Å². The SMILES string of the molecule is Cc1ccc2c(c1)CN(C)CCC(c1ccccc1)CCCN(C(=O)c1cc(-c3cnn(C)c3C)on1)CCO2.O=CO. The van der Waals surface area contributed by atoms with Crippen molar-refractivity contribution in [1.82, 2.24) is 24.7 Å². The van der Waals surface area contributed by atoms with Crippen molar-refractivity contribution in [1.29, 1.82) is 0 Å². The third-order valence-electron chi connectivity index (χ3n) is 7.90. The van der Waals surface area contributed by atoms with Crippen LogP contribution in [0.2, 0.25) is 0 Å². The maximum Gasteiger partial charge on any atom is 0.290 e. The predicted octanol–water partition coefficient (Wildman–Crippen LogP) is 5.31. The number of benzene rings is 2. The Bertz CT molecular complexity index is 1480. The number of carboxylic acid groups (broad SMARTS) is 1. The van der Waals surface area contributed by atoms with E-state index in [1.54, 1.807) is 16.9 Å². The zero-order chi connectivity index (χ0) is 30.8. The maximum absolute atomic E-state index is 13.7. The second kappa shape index (κ2) is 15.2. The van der Waals surface area contributed by atoms with Gasteiger partial charge in [0.05, 0.1) is 18.3 Å². The summed E-state index contributed by atoms with van der Waals surface area (Å²) in [5.74, 6) is 1.69. The summed E-state index contributed by atoms with van der Waals surface area (Å²) in [5.41, 5.74) is 5.82. The number of carbonyl (C=O) groups is 2. The van der Waals surface area contributed by atoms with Crippen LogP contribution in [0.5, 0.6) is 5.75 Å². The zero-order valence-corrected chi connectivity index (χ0v) is 25.4. The van der Waals surface area contributed by atoms with E-state index >= 15 is 0 Å². The molecule has 0 bridgehead atoms. The van der Waals surface area contributed by atoms with Gasteiger partial charge in [-0.1, -0.05) is 53.2 Å². The Hall–Kier alpha value is -4.44. The molecule has 5 rings (SSSR count). The number of fused-ring (bicyclic) bond motifs is 1. The van der Waals surface area contributed by atoms with Crippen molar-refractivity contribution in [3.05, 3.63) is 88.9 Å². The Balaban J connectivity index is 0.00000135. The molecule has 43 heavy (non-hydrogen) atoms. The van der Waals surface area contributed by atoms with Gasteiger partial charge >= 0.3 is 0 Å². The van der Waals surface area contributed by atoms with Gasteiger partial charge in [-0.25, -0.2) is 0 Å². The smallest absolute Gasteiger partial charge is 0.290 e. The monoisotopic (exact) mass is 587 g/mol. The molecule has 4 aromatic rings. The van der Waals surface area contributed by atoms with E-state index in [4.69, 9.17) is 19.2 Å². The second-order valence-corrected chi connectivity index (χ2v) is 11.0. The van der Waals surface area contributed by atoms with Crippen LogP contribution in [0, 0.1) is 13.8 Å². The van der Waals surface area contributed by atoms with Gasteiger partial charge in [-0.3, -0.25) is 14.3 Å². The van der Waals surface area contributed by atoms with E-state index in [0.29, 0.717) is 37.1 Å². The van der Waals surface area contributed by atoms with E-state index < -0.39 is 0 Å². The van der Waals surface area contributed by atoms with Crippen molar-refractivity contribution in [2.24, 2.45) is 7.05 Å². The highest BCUT2D eigenvalue weighted by Gasteiger charge is 2.23. The first-order valence-corrected chi connectivity index (χ1v) is 14.6. The summed E-state index contributed by atoms with van der Waals surface area (Å²) in [6.45, 7) is 7.10. The number of ether oxygens (including phenoxy) is 1. The molecule has 0 radical (unpaired) electrons. The van der Waals surface area contributed by atoms with Gasteiger partial charge in [0.2, 0.25) is 0 Å². The second-order valence-electron chi connectivity index (χ2n) is 11.0. The molecular weight excluding hydrogens is 546 g/mol. The summed E-state index contributed by atoms with van der Waals surface area (Å²) < 4.78 is 13.6. The van der Waals surface area contributed by atoms with E-state index in [1.807, 2.05) is 24.9 Å². The van der Waals surface area contributed by atoms with Crippen LogP contribution < -0.4 is 4.74 Å². The van der Waals surface area contributed by atoms with Gasteiger partial charge in [-0.15, -0.1) is 0 Å². The van der Waals surface area contributed by atoms with Crippen LogP contribution in [0.15, 0.2) is 65.3 Å². The molecule has 1 aliphatic heterocycles. The number of amides is 1. The molecule has 10 nitrogen and oxygen atoms in total. The Labute approximate surface area is 252 Å². The average molecular weight is 588 g/mol. The molecule has 1 amide bonds. The van der Waals surface area contributed by atoms with E-state index in [9.17, 15) is 4.79 Å². The fraction of sp³-hybridized carbons (Fsp3) is 0.394. The van der Waals surface area contributed by atoms with Crippen LogP contribution >= 0.6 is 0 Å². The van der Waals surface area contributed by atoms with Crippen LogP contribution in [-0.2, 0) is 18.4 Å². The molecule has 0 fully saturated rings. The summed E-state index contributed by atoms with van der Waals surface area (Å²) >= 11 is 0. The number of rotatable bonds is 3. The lowest BCUT2D eigenvalue weighted by Gasteiger charge is -2.27. The van der Waals surface area contributed by atoms with Crippen LogP contribution in [0.4, 0.5) is 0 Å². The first kappa shape index (κ1) is 31.5. The van der Waals surface area contributed by atoms with E-state index in [1.165, 1.54) is 16.7 Å². The van der Waals surface area contributed by atoms with Gasteiger partial charge in [0.15, 0.2) is 11.5 Å². The summed E-state index contributed by atoms with van der Waals surface area (Å²) in [6.07, 6.45) is 4.67. The van der Waals surface area contributed by atoms with E-state index in [-0.39, 0.29) is 12.4 Å². The van der Waals surface area contributed by atoms with Gasteiger partial charge in [-0.05, 0) is 64.3 Å². The Morgan fingerprint density at radius 1 is 1.02 bits per heavy atom. The molecule has 0 saturated heterocycles. The lowest BCUT2D eigenvalue weighted by molar-refractivity contribution is -0.122. The van der Waals surface area contributed by atoms with Crippen molar-refractivity contribution in [3.8, 4) is 17.1 Å². The largest absolute Gasteiger partial charge is 0.491 e. The normalized spacial score (nSPS) is 16.7.